The van der Waals surface area contributed by atoms with E-state index in [2.05, 4.69) is 10.6 Å². The van der Waals surface area contributed by atoms with Crippen LogP contribution in [0.3, 0.4) is 0 Å². The number of nitrogens with one attached hydrogen (secondary N) is 2. The second kappa shape index (κ2) is 9.29. The molecule has 1 unspecified atom stereocenters. The Bertz CT molecular complexity index is 900. The minimum absolute atomic E-state index is 0.0143. The monoisotopic (exact) mass is 399 g/mol. The largest absolute Gasteiger partial charge is 0.496 e. The van der Waals surface area contributed by atoms with Crippen molar-refractivity contribution in [2.75, 3.05) is 27.3 Å². The molecule has 0 bridgehead atoms. The highest BCUT2D eigenvalue weighted by Gasteiger charge is 2.22. The molecule has 2 aromatic rings. The van der Waals surface area contributed by atoms with Gasteiger partial charge in [-0.15, -0.1) is 0 Å². The third-order valence-corrected chi connectivity index (χ3v) is 4.75. The summed E-state index contributed by atoms with van der Waals surface area (Å²) in [7, 11) is 3.10. The summed E-state index contributed by atoms with van der Waals surface area (Å²) in [5.74, 6) is 1.93. The van der Waals surface area contributed by atoms with E-state index in [1.165, 1.54) is 7.11 Å². The minimum Gasteiger partial charge on any atom is -0.496 e. The molecule has 154 valence electrons. The molecule has 0 saturated carbocycles. The number of carbonyl (C=O) groups is 2. The van der Waals surface area contributed by atoms with Crippen molar-refractivity contribution in [2.45, 2.75) is 13.0 Å². The van der Waals surface area contributed by atoms with Gasteiger partial charge in [-0.1, -0.05) is 6.07 Å². The van der Waals surface area contributed by atoms with Crippen molar-refractivity contribution < 1.29 is 23.8 Å². The number of hydrogen-bond acceptors (Lipinski definition) is 6. The number of methoxy groups -OCH3 is 2. The average Bonchev–Trinajstić information content (AvgIpc) is 3.17. The van der Waals surface area contributed by atoms with Gasteiger partial charge >= 0.3 is 0 Å². The van der Waals surface area contributed by atoms with Crippen molar-refractivity contribution in [2.24, 2.45) is 11.7 Å². The number of ether oxygens (including phenoxy) is 3. The van der Waals surface area contributed by atoms with Gasteiger partial charge in [0.25, 0.3) is 5.91 Å². The Morgan fingerprint density at radius 1 is 1.14 bits per heavy atom. The van der Waals surface area contributed by atoms with E-state index in [1.807, 2.05) is 6.07 Å². The number of benzene rings is 2. The van der Waals surface area contributed by atoms with Crippen LogP contribution >= 0.6 is 0 Å². The Hall–Kier alpha value is -3.26. The zero-order valence-corrected chi connectivity index (χ0v) is 16.5. The Balaban J connectivity index is 1.74. The third kappa shape index (κ3) is 4.97. The number of nitrogens with two attached hydrogens (primary N) is 1. The summed E-state index contributed by atoms with van der Waals surface area (Å²) >= 11 is 0. The SMILES string of the molecule is COc1cc(Oc2cc(C(=O)NCC3CNC(=O)C3)ccc2OC)ccc1CN. The Labute approximate surface area is 169 Å². The van der Waals surface area contributed by atoms with Crippen molar-refractivity contribution in [1.82, 2.24) is 10.6 Å². The van der Waals surface area contributed by atoms with Crippen LogP contribution in [0.1, 0.15) is 22.3 Å². The van der Waals surface area contributed by atoms with Gasteiger partial charge in [-0.25, -0.2) is 0 Å². The summed E-state index contributed by atoms with van der Waals surface area (Å²) in [5, 5.41) is 5.62. The number of rotatable bonds is 8. The fraction of sp³-hybridized carbons (Fsp3) is 0.333. The van der Waals surface area contributed by atoms with Crippen molar-refractivity contribution in [1.29, 1.82) is 0 Å². The molecule has 2 aromatic carbocycles. The Morgan fingerprint density at radius 2 is 1.93 bits per heavy atom. The first kappa shape index (κ1) is 20.5. The quantitative estimate of drug-likeness (QED) is 0.624. The smallest absolute Gasteiger partial charge is 0.251 e. The van der Waals surface area contributed by atoms with Crippen LogP contribution < -0.4 is 30.6 Å². The van der Waals surface area contributed by atoms with Crippen LogP contribution in [-0.4, -0.2) is 39.1 Å². The fourth-order valence-electron chi connectivity index (χ4n) is 3.13. The van der Waals surface area contributed by atoms with Gasteiger partial charge in [0.1, 0.15) is 11.5 Å². The summed E-state index contributed by atoms with van der Waals surface area (Å²) in [6.45, 7) is 1.36. The predicted molar refractivity (Wildman–Crippen MR) is 107 cm³/mol. The van der Waals surface area contributed by atoms with Crippen LogP contribution in [0, 0.1) is 5.92 Å². The lowest BCUT2D eigenvalue weighted by Gasteiger charge is -2.14. The molecule has 0 spiro atoms. The summed E-state index contributed by atoms with van der Waals surface area (Å²) < 4.78 is 16.6. The number of amides is 2. The molecule has 29 heavy (non-hydrogen) atoms. The van der Waals surface area contributed by atoms with Crippen molar-refractivity contribution in [3.8, 4) is 23.0 Å². The van der Waals surface area contributed by atoms with E-state index in [9.17, 15) is 9.59 Å². The van der Waals surface area contributed by atoms with Gasteiger partial charge in [0.15, 0.2) is 11.5 Å². The van der Waals surface area contributed by atoms with Crippen LogP contribution in [0.4, 0.5) is 0 Å². The molecule has 8 heteroatoms. The molecule has 1 saturated heterocycles. The number of hydrogen-bond donors (Lipinski definition) is 3. The van der Waals surface area contributed by atoms with Crippen LogP contribution in [0.5, 0.6) is 23.0 Å². The molecular weight excluding hydrogens is 374 g/mol. The van der Waals surface area contributed by atoms with E-state index in [0.29, 0.717) is 54.6 Å². The maximum Gasteiger partial charge on any atom is 0.251 e. The molecule has 3 rings (SSSR count). The highest BCUT2D eigenvalue weighted by molar-refractivity contribution is 5.95. The maximum absolute atomic E-state index is 12.5. The fourth-order valence-corrected chi connectivity index (χ4v) is 3.13. The second-order valence-electron chi connectivity index (χ2n) is 6.73. The van der Waals surface area contributed by atoms with Crippen LogP contribution in [-0.2, 0) is 11.3 Å². The van der Waals surface area contributed by atoms with E-state index in [4.69, 9.17) is 19.9 Å². The molecule has 8 nitrogen and oxygen atoms in total. The molecule has 1 aliphatic rings. The third-order valence-electron chi connectivity index (χ3n) is 4.75. The normalized spacial score (nSPS) is 15.6. The van der Waals surface area contributed by atoms with E-state index in [0.717, 1.165) is 5.56 Å². The Morgan fingerprint density at radius 3 is 2.59 bits per heavy atom. The molecular formula is C21H25N3O5. The molecule has 1 atom stereocenters. The number of carbonyl (C=O) groups excluding carboxylic acids is 2. The van der Waals surface area contributed by atoms with Gasteiger partial charge in [0.2, 0.25) is 5.91 Å². The predicted octanol–water partition coefficient (Wildman–Crippen LogP) is 1.82. The zero-order chi connectivity index (χ0) is 20.8. The second-order valence-corrected chi connectivity index (χ2v) is 6.73. The Kier molecular flexibility index (Phi) is 6.56. The standard InChI is InChI=1S/C21H25N3O5/c1-27-17-6-4-14(21(26)24-12-13-7-20(25)23-11-13)8-19(17)29-16-5-3-15(10-22)18(9-16)28-2/h3-6,8-9,13H,7,10-12,22H2,1-2H3,(H,23,25)(H,24,26). The molecule has 4 N–H and O–H groups in total. The van der Waals surface area contributed by atoms with E-state index in [-0.39, 0.29) is 17.7 Å². The summed E-state index contributed by atoms with van der Waals surface area (Å²) in [4.78, 5) is 23.8. The lowest BCUT2D eigenvalue weighted by atomic mass is 10.1. The minimum atomic E-state index is -0.243. The van der Waals surface area contributed by atoms with E-state index < -0.39 is 0 Å². The van der Waals surface area contributed by atoms with Gasteiger partial charge in [-0.05, 0) is 24.3 Å². The van der Waals surface area contributed by atoms with E-state index in [1.54, 1.807) is 37.4 Å². The van der Waals surface area contributed by atoms with Crippen LogP contribution in [0.15, 0.2) is 36.4 Å². The summed E-state index contributed by atoms with van der Waals surface area (Å²) in [6, 6.07) is 10.3. The first-order chi connectivity index (χ1) is 14.0. The lowest BCUT2D eigenvalue weighted by Crippen LogP contribution is -2.30. The van der Waals surface area contributed by atoms with Crippen molar-refractivity contribution in [3.63, 3.8) is 0 Å². The average molecular weight is 399 g/mol. The van der Waals surface area contributed by atoms with Gasteiger partial charge in [-0.3, -0.25) is 9.59 Å². The van der Waals surface area contributed by atoms with Crippen LogP contribution in [0.25, 0.3) is 0 Å². The molecule has 0 aliphatic carbocycles. The molecule has 1 heterocycles. The summed E-state index contributed by atoms with van der Waals surface area (Å²) in [5.41, 5.74) is 7.00. The van der Waals surface area contributed by atoms with Crippen molar-refractivity contribution >= 4 is 11.8 Å². The van der Waals surface area contributed by atoms with Crippen molar-refractivity contribution in [3.05, 3.63) is 47.5 Å². The lowest BCUT2D eigenvalue weighted by molar-refractivity contribution is -0.119. The van der Waals surface area contributed by atoms with Gasteiger partial charge < -0.3 is 30.6 Å². The first-order valence-corrected chi connectivity index (χ1v) is 9.31. The van der Waals surface area contributed by atoms with Gasteiger partial charge in [0.05, 0.1) is 14.2 Å². The highest BCUT2D eigenvalue weighted by Crippen LogP contribution is 2.34. The maximum atomic E-state index is 12.5. The van der Waals surface area contributed by atoms with Gasteiger partial charge in [0, 0.05) is 49.2 Å². The highest BCUT2D eigenvalue weighted by atomic mass is 16.5. The molecule has 1 fully saturated rings. The molecule has 0 radical (unpaired) electrons. The molecule has 0 aromatic heterocycles. The summed E-state index contributed by atoms with van der Waals surface area (Å²) in [6.07, 6.45) is 0.428. The molecule has 1 aliphatic heterocycles. The first-order valence-electron chi connectivity index (χ1n) is 9.31. The topological polar surface area (TPSA) is 112 Å². The molecule has 2 amide bonds. The zero-order valence-electron chi connectivity index (χ0n) is 16.5. The van der Waals surface area contributed by atoms with Crippen LogP contribution in [0.2, 0.25) is 0 Å². The van der Waals surface area contributed by atoms with E-state index >= 15 is 0 Å². The van der Waals surface area contributed by atoms with Gasteiger partial charge in [-0.2, -0.15) is 0 Å².